The van der Waals surface area contributed by atoms with Gasteiger partial charge in [-0.05, 0) is 0 Å². The SMILES string of the molecule is CC.CC1(N)OC(=O)CC(=O)O1. The van der Waals surface area contributed by atoms with Crippen LogP contribution in [0.15, 0.2) is 0 Å². The fourth-order valence-electron chi connectivity index (χ4n) is 0.663. The minimum absolute atomic E-state index is 0.354. The summed E-state index contributed by atoms with van der Waals surface area (Å²) >= 11 is 0. The average molecular weight is 175 g/mol. The number of hydrogen-bond donors (Lipinski definition) is 1. The zero-order chi connectivity index (χ0) is 9.78. The lowest BCUT2D eigenvalue weighted by molar-refractivity contribution is -0.235. The Labute approximate surface area is 70.8 Å². The molecule has 12 heavy (non-hydrogen) atoms. The van der Waals surface area contributed by atoms with Crippen molar-refractivity contribution in [2.75, 3.05) is 0 Å². The molecule has 0 atom stereocenters. The third-order valence-corrected chi connectivity index (χ3v) is 0.922. The van der Waals surface area contributed by atoms with Gasteiger partial charge in [-0.2, -0.15) is 0 Å². The van der Waals surface area contributed by atoms with Crippen LogP contribution >= 0.6 is 0 Å². The quantitative estimate of drug-likeness (QED) is 0.418. The molecule has 70 valence electrons. The molecule has 0 amide bonds. The van der Waals surface area contributed by atoms with E-state index < -0.39 is 17.8 Å². The smallest absolute Gasteiger partial charge is 0.321 e. The first-order valence-corrected chi connectivity index (χ1v) is 3.72. The number of cyclic esters (lactones) is 2. The van der Waals surface area contributed by atoms with E-state index in [9.17, 15) is 9.59 Å². The number of hydrogen-bond acceptors (Lipinski definition) is 5. The normalized spacial score (nSPS) is 20.0. The fraction of sp³-hybridized carbons (Fsp3) is 0.714. The summed E-state index contributed by atoms with van der Waals surface area (Å²) in [5, 5.41) is 0. The molecule has 2 N–H and O–H groups in total. The van der Waals surface area contributed by atoms with Crippen molar-refractivity contribution in [3.8, 4) is 0 Å². The van der Waals surface area contributed by atoms with Crippen molar-refractivity contribution >= 4 is 11.9 Å². The van der Waals surface area contributed by atoms with Gasteiger partial charge < -0.3 is 9.47 Å². The highest BCUT2D eigenvalue weighted by atomic mass is 16.8. The monoisotopic (exact) mass is 175 g/mol. The highest BCUT2D eigenvalue weighted by Crippen LogP contribution is 2.13. The Bertz CT molecular complexity index is 170. The Morgan fingerprint density at radius 3 is 1.83 bits per heavy atom. The highest BCUT2D eigenvalue weighted by Gasteiger charge is 2.34. The molecule has 0 aliphatic carbocycles. The second kappa shape index (κ2) is 4.06. The van der Waals surface area contributed by atoms with E-state index in [1.165, 1.54) is 6.92 Å². The Morgan fingerprint density at radius 1 is 1.25 bits per heavy atom. The molecule has 0 unspecified atom stereocenters. The van der Waals surface area contributed by atoms with Gasteiger partial charge in [-0.15, -0.1) is 0 Å². The summed E-state index contributed by atoms with van der Waals surface area (Å²) in [4.78, 5) is 21.0. The van der Waals surface area contributed by atoms with Gasteiger partial charge in [0.05, 0.1) is 0 Å². The number of carbonyl (C=O) groups excluding carboxylic acids is 2. The van der Waals surface area contributed by atoms with E-state index in [1.807, 2.05) is 13.8 Å². The molecule has 1 aliphatic rings. The molecule has 0 aromatic rings. The predicted octanol–water partition coefficient (Wildman–Crippen LogP) is 0.135. The summed E-state index contributed by atoms with van der Waals surface area (Å²) in [5.74, 6) is -2.88. The molecule has 0 radical (unpaired) electrons. The van der Waals surface area contributed by atoms with Crippen LogP contribution in [0.2, 0.25) is 0 Å². The fourth-order valence-corrected chi connectivity index (χ4v) is 0.663. The van der Waals surface area contributed by atoms with Crippen molar-refractivity contribution in [2.45, 2.75) is 33.1 Å². The summed E-state index contributed by atoms with van der Waals surface area (Å²) in [6.45, 7) is 5.29. The molecule has 0 saturated carbocycles. The van der Waals surface area contributed by atoms with Crippen LogP contribution in [0.5, 0.6) is 0 Å². The topological polar surface area (TPSA) is 78.6 Å². The number of ether oxygens (including phenoxy) is 2. The van der Waals surface area contributed by atoms with Crippen molar-refractivity contribution in [1.29, 1.82) is 0 Å². The van der Waals surface area contributed by atoms with Crippen molar-refractivity contribution in [1.82, 2.24) is 0 Å². The lowest BCUT2D eigenvalue weighted by atomic mass is 10.4. The molecule has 5 nitrogen and oxygen atoms in total. The molecule has 0 aromatic heterocycles. The second-order valence-electron chi connectivity index (χ2n) is 2.14. The molecular formula is C7H13NO4. The molecular weight excluding hydrogens is 162 g/mol. The molecule has 1 saturated heterocycles. The van der Waals surface area contributed by atoms with Gasteiger partial charge in [-0.25, -0.2) is 0 Å². The number of esters is 2. The average Bonchev–Trinajstić information content (AvgIpc) is 1.85. The number of carbonyl (C=O) groups is 2. The van der Waals surface area contributed by atoms with E-state index in [2.05, 4.69) is 9.47 Å². The molecule has 5 heteroatoms. The summed E-state index contributed by atoms with van der Waals surface area (Å²) in [6, 6.07) is 0. The maximum Gasteiger partial charge on any atom is 0.321 e. The van der Waals surface area contributed by atoms with E-state index in [4.69, 9.17) is 5.73 Å². The zero-order valence-electron chi connectivity index (χ0n) is 7.42. The van der Waals surface area contributed by atoms with E-state index >= 15 is 0 Å². The van der Waals surface area contributed by atoms with Gasteiger partial charge in [-0.3, -0.25) is 15.3 Å². The minimum Gasteiger partial charge on any atom is -0.408 e. The minimum atomic E-state index is -1.58. The van der Waals surface area contributed by atoms with E-state index in [-0.39, 0.29) is 6.42 Å². The van der Waals surface area contributed by atoms with Crippen LogP contribution in [0.1, 0.15) is 27.2 Å². The van der Waals surface area contributed by atoms with E-state index in [1.54, 1.807) is 0 Å². The summed E-state index contributed by atoms with van der Waals surface area (Å²) in [5.41, 5.74) is 5.17. The van der Waals surface area contributed by atoms with Crippen LogP contribution in [0.25, 0.3) is 0 Å². The molecule has 0 spiro atoms. The van der Waals surface area contributed by atoms with Gasteiger partial charge >= 0.3 is 17.8 Å². The van der Waals surface area contributed by atoms with Crippen molar-refractivity contribution in [3.63, 3.8) is 0 Å². The van der Waals surface area contributed by atoms with Gasteiger partial charge in [0.1, 0.15) is 6.42 Å². The Hall–Kier alpha value is -1.10. The lowest BCUT2D eigenvalue weighted by Crippen LogP contribution is -2.49. The van der Waals surface area contributed by atoms with E-state index in [0.717, 1.165) is 0 Å². The first-order chi connectivity index (χ1) is 5.49. The van der Waals surface area contributed by atoms with Crippen molar-refractivity contribution in [2.24, 2.45) is 5.73 Å². The highest BCUT2D eigenvalue weighted by molar-refractivity contribution is 5.92. The third-order valence-electron chi connectivity index (χ3n) is 0.922. The molecule has 1 rings (SSSR count). The van der Waals surface area contributed by atoms with Crippen LogP contribution in [0.4, 0.5) is 0 Å². The van der Waals surface area contributed by atoms with Crippen LogP contribution in [-0.4, -0.2) is 17.8 Å². The molecule has 0 bridgehead atoms. The summed E-state index contributed by atoms with van der Waals surface area (Å²) in [7, 11) is 0. The van der Waals surface area contributed by atoms with Gasteiger partial charge in [0.15, 0.2) is 0 Å². The van der Waals surface area contributed by atoms with Gasteiger partial charge in [0.2, 0.25) is 0 Å². The zero-order valence-corrected chi connectivity index (χ0v) is 7.42. The molecule has 1 heterocycles. The maximum atomic E-state index is 10.5. The van der Waals surface area contributed by atoms with Gasteiger partial charge in [0.25, 0.3) is 0 Å². The summed E-state index contributed by atoms with van der Waals surface area (Å²) < 4.78 is 8.88. The second-order valence-corrected chi connectivity index (χ2v) is 2.14. The summed E-state index contributed by atoms with van der Waals surface area (Å²) in [6.07, 6.45) is -0.354. The van der Waals surface area contributed by atoms with Crippen LogP contribution in [0, 0.1) is 0 Å². The first-order valence-electron chi connectivity index (χ1n) is 3.72. The number of rotatable bonds is 0. The molecule has 1 fully saturated rings. The maximum absolute atomic E-state index is 10.5. The standard InChI is InChI=1S/C5H7NO4.C2H6/c1-5(6)9-3(7)2-4(8)10-5;1-2/h2,6H2,1H3;1-2H3. The van der Waals surface area contributed by atoms with Crippen LogP contribution < -0.4 is 5.73 Å². The largest absolute Gasteiger partial charge is 0.408 e. The number of nitrogens with two attached hydrogens (primary N) is 1. The molecule has 1 aliphatic heterocycles. The lowest BCUT2D eigenvalue weighted by Gasteiger charge is -2.27. The predicted molar refractivity (Wildman–Crippen MR) is 40.7 cm³/mol. The van der Waals surface area contributed by atoms with Gasteiger partial charge in [0, 0.05) is 6.92 Å². The van der Waals surface area contributed by atoms with Crippen LogP contribution in [0.3, 0.4) is 0 Å². The van der Waals surface area contributed by atoms with Crippen LogP contribution in [-0.2, 0) is 19.1 Å². The Balaban J connectivity index is 0.000000561. The third kappa shape index (κ3) is 3.34. The molecule has 0 aromatic carbocycles. The van der Waals surface area contributed by atoms with Crippen molar-refractivity contribution < 1.29 is 19.1 Å². The van der Waals surface area contributed by atoms with Gasteiger partial charge in [-0.1, -0.05) is 13.8 Å². The Kier molecular flexibility index (Phi) is 3.69. The first kappa shape index (κ1) is 10.9. The van der Waals surface area contributed by atoms with E-state index in [0.29, 0.717) is 0 Å². The van der Waals surface area contributed by atoms with Crippen molar-refractivity contribution in [3.05, 3.63) is 0 Å². The Morgan fingerprint density at radius 2 is 1.58 bits per heavy atom.